The average Bonchev–Trinajstić information content (AvgIpc) is 2.16. The van der Waals surface area contributed by atoms with Crippen molar-refractivity contribution in [2.75, 3.05) is 11.9 Å². The number of benzene rings is 1. The molecule has 0 saturated carbocycles. The van der Waals surface area contributed by atoms with Crippen molar-refractivity contribution in [3.63, 3.8) is 0 Å². The maximum absolute atomic E-state index is 9.52. The van der Waals surface area contributed by atoms with Crippen LogP contribution in [0, 0.1) is 0 Å². The molecule has 1 heterocycles. The minimum Gasteiger partial charge on any atom is -0.391 e. The zero-order chi connectivity index (χ0) is 10.1. The number of rotatable bonds is 1. The van der Waals surface area contributed by atoms with Gasteiger partial charge >= 0.3 is 0 Å². The highest BCUT2D eigenvalue weighted by Gasteiger charge is 2.18. The highest BCUT2D eigenvalue weighted by Crippen LogP contribution is 2.30. The lowest BCUT2D eigenvalue weighted by molar-refractivity contribution is 0.184. The third kappa shape index (κ3) is 1.62. The highest BCUT2D eigenvalue weighted by molar-refractivity contribution is 5.60. The monoisotopic (exact) mass is 191 g/mol. The summed E-state index contributed by atoms with van der Waals surface area (Å²) in [5.74, 6) is 0.535. The van der Waals surface area contributed by atoms with Crippen LogP contribution in [-0.2, 0) is 6.42 Å². The fourth-order valence-corrected chi connectivity index (χ4v) is 2.03. The van der Waals surface area contributed by atoms with Crippen LogP contribution in [0.4, 0.5) is 5.69 Å². The molecule has 1 atom stereocenters. The van der Waals surface area contributed by atoms with Crippen LogP contribution in [0.25, 0.3) is 0 Å². The number of anilines is 1. The maximum atomic E-state index is 9.52. The Morgan fingerprint density at radius 2 is 2.21 bits per heavy atom. The van der Waals surface area contributed by atoms with E-state index in [9.17, 15) is 5.11 Å². The summed E-state index contributed by atoms with van der Waals surface area (Å²) in [4.78, 5) is 0. The van der Waals surface area contributed by atoms with Crippen LogP contribution in [0.2, 0.25) is 0 Å². The molecular formula is C12H17NO. The molecule has 1 aromatic rings. The van der Waals surface area contributed by atoms with Gasteiger partial charge in [-0.15, -0.1) is 0 Å². The van der Waals surface area contributed by atoms with E-state index in [0.717, 1.165) is 6.42 Å². The number of fused-ring (bicyclic) bond motifs is 1. The van der Waals surface area contributed by atoms with Crippen LogP contribution in [0.1, 0.15) is 30.9 Å². The van der Waals surface area contributed by atoms with E-state index in [1.54, 1.807) is 0 Å². The van der Waals surface area contributed by atoms with Crippen molar-refractivity contribution in [2.24, 2.45) is 0 Å². The van der Waals surface area contributed by atoms with Crippen LogP contribution in [0.15, 0.2) is 18.2 Å². The van der Waals surface area contributed by atoms with Crippen LogP contribution < -0.4 is 5.32 Å². The molecule has 2 heteroatoms. The summed E-state index contributed by atoms with van der Waals surface area (Å²) in [5.41, 5.74) is 3.84. The second-order valence-corrected chi connectivity index (χ2v) is 4.27. The van der Waals surface area contributed by atoms with Gasteiger partial charge in [0, 0.05) is 18.7 Å². The maximum Gasteiger partial charge on any atom is 0.0753 e. The Bertz CT molecular complexity index is 333. The summed E-state index contributed by atoms with van der Waals surface area (Å²) < 4.78 is 0. The first kappa shape index (κ1) is 9.53. The Balaban J connectivity index is 2.41. The fraction of sp³-hybridized carbons (Fsp3) is 0.500. The number of nitrogens with one attached hydrogen (secondary N) is 1. The molecule has 0 saturated heterocycles. The van der Waals surface area contributed by atoms with Gasteiger partial charge in [-0.1, -0.05) is 32.0 Å². The fourth-order valence-electron chi connectivity index (χ4n) is 2.03. The Kier molecular flexibility index (Phi) is 2.46. The van der Waals surface area contributed by atoms with Gasteiger partial charge < -0.3 is 10.4 Å². The van der Waals surface area contributed by atoms with Gasteiger partial charge in [0.05, 0.1) is 6.10 Å². The molecule has 0 aromatic heterocycles. The molecule has 0 spiro atoms. The summed E-state index contributed by atoms with van der Waals surface area (Å²) >= 11 is 0. The molecule has 0 amide bonds. The molecule has 1 aliphatic heterocycles. The van der Waals surface area contributed by atoms with Crippen molar-refractivity contribution >= 4 is 5.69 Å². The molecule has 14 heavy (non-hydrogen) atoms. The van der Waals surface area contributed by atoms with Crippen molar-refractivity contribution in [1.29, 1.82) is 0 Å². The average molecular weight is 191 g/mol. The third-order valence-corrected chi connectivity index (χ3v) is 2.77. The Hall–Kier alpha value is -1.02. The lowest BCUT2D eigenvalue weighted by Crippen LogP contribution is -2.28. The first-order valence-corrected chi connectivity index (χ1v) is 5.22. The van der Waals surface area contributed by atoms with Gasteiger partial charge in [-0.05, 0) is 17.0 Å². The van der Waals surface area contributed by atoms with Gasteiger partial charge in [0.15, 0.2) is 0 Å². The zero-order valence-electron chi connectivity index (χ0n) is 8.75. The van der Waals surface area contributed by atoms with Crippen molar-refractivity contribution in [2.45, 2.75) is 32.3 Å². The number of β-amino-alcohol motifs (C(OH)–C–C–N with tert-alkyl or cyclic N) is 1. The molecule has 0 fully saturated rings. The van der Waals surface area contributed by atoms with E-state index in [0.29, 0.717) is 12.5 Å². The van der Waals surface area contributed by atoms with Crippen molar-refractivity contribution in [3.05, 3.63) is 29.3 Å². The van der Waals surface area contributed by atoms with Crippen molar-refractivity contribution < 1.29 is 5.11 Å². The molecule has 76 valence electrons. The first-order valence-electron chi connectivity index (χ1n) is 5.22. The van der Waals surface area contributed by atoms with E-state index >= 15 is 0 Å². The van der Waals surface area contributed by atoms with E-state index in [1.165, 1.54) is 16.8 Å². The summed E-state index contributed by atoms with van der Waals surface area (Å²) in [6, 6.07) is 6.33. The lowest BCUT2D eigenvalue weighted by Gasteiger charge is -2.26. The van der Waals surface area contributed by atoms with Crippen molar-refractivity contribution in [1.82, 2.24) is 0 Å². The topological polar surface area (TPSA) is 32.3 Å². The standard InChI is InChI=1S/C12H17NO/c1-8(2)11-5-3-4-9-6-10(14)7-13-12(9)11/h3-5,8,10,13-14H,6-7H2,1-2H3. The molecule has 2 N–H and O–H groups in total. The SMILES string of the molecule is CC(C)c1cccc2c1NCC(O)C2. The Morgan fingerprint density at radius 3 is 2.93 bits per heavy atom. The summed E-state index contributed by atoms with van der Waals surface area (Å²) in [7, 11) is 0. The molecule has 1 unspecified atom stereocenters. The summed E-state index contributed by atoms with van der Waals surface area (Å²) in [5, 5.41) is 12.8. The normalized spacial score (nSPS) is 20.4. The van der Waals surface area contributed by atoms with Gasteiger partial charge in [-0.25, -0.2) is 0 Å². The molecule has 0 aliphatic carbocycles. The molecular weight excluding hydrogens is 174 g/mol. The van der Waals surface area contributed by atoms with E-state index in [2.05, 4.69) is 37.4 Å². The van der Waals surface area contributed by atoms with E-state index in [1.807, 2.05) is 0 Å². The minimum absolute atomic E-state index is 0.232. The summed E-state index contributed by atoms with van der Waals surface area (Å²) in [6.07, 6.45) is 0.549. The van der Waals surface area contributed by atoms with Crippen LogP contribution in [0.3, 0.4) is 0 Å². The quantitative estimate of drug-likeness (QED) is 0.712. The molecule has 1 aliphatic rings. The molecule has 2 nitrogen and oxygen atoms in total. The highest BCUT2D eigenvalue weighted by atomic mass is 16.3. The molecule has 1 aromatic carbocycles. The molecule has 2 rings (SSSR count). The smallest absolute Gasteiger partial charge is 0.0753 e. The van der Waals surface area contributed by atoms with Crippen LogP contribution in [0.5, 0.6) is 0 Å². The van der Waals surface area contributed by atoms with Crippen LogP contribution in [-0.4, -0.2) is 17.8 Å². The van der Waals surface area contributed by atoms with E-state index < -0.39 is 0 Å². The van der Waals surface area contributed by atoms with Gasteiger partial charge in [-0.3, -0.25) is 0 Å². The van der Waals surface area contributed by atoms with Gasteiger partial charge in [0.1, 0.15) is 0 Å². The van der Waals surface area contributed by atoms with E-state index in [-0.39, 0.29) is 6.10 Å². The Morgan fingerprint density at radius 1 is 1.43 bits per heavy atom. The minimum atomic E-state index is -0.232. The predicted octanol–water partition coefficient (Wildman–Crippen LogP) is 2.14. The Labute approximate surface area is 85.0 Å². The number of aliphatic hydroxyl groups excluding tert-OH is 1. The third-order valence-electron chi connectivity index (χ3n) is 2.77. The second kappa shape index (κ2) is 3.62. The molecule has 0 radical (unpaired) electrons. The van der Waals surface area contributed by atoms with Crippen molar-refractivity contribution in [3.8, 4) is 0 Å². The number of hydrogen-bond donors (Lipinski definition) is 2. The predicted molar refractivity (Wildman–Crippen MR) is 58.7 cm³/mol. The molecule has 0 bridgehead atoms. The number of aliphatic hydroxyl groups is 1. The lowest BCUT2D eigenvalue weighted by atomic mass is 9.93. The van der Waals surface area contributed by atoms with Crippen LogP contribution >= 0.6 is 0 Å². The number of hydrogen-bond acceptors (Lipinski definition) is 2. The van der Waals surface area contributed by atoms with Gasteiger partial charge in [-0.2, -0.15) is 0 Å². The first-order chi connectivity index (χ1) is 6.68. The number of para-hydroxylation sites is 1. The zero-order valence-corrected chi connectivity index (χ0v) is 8.75. The van der Waals surface area contributed by atoms with E-state index in [4.69, 9.17) is 0 Å². The van der Waals surface area contributed by atoms with Gasteiger partial charge in [0.2, 0.25) is 0 Å². The second-order valence-electron chi connectivity index (χ2n) is 4.27. The summed E-state index contributed by atoms with van der Waals surface area (Å²) in [6.45, 7) is 5.07. The largest absolute Gasteiger partial charge is 0.391 e. The van der Waals surface area contributed by atoms with Gasteiger partial charge in [0.25, 0.3) is 0 Å².